The SMILES string of the molecule is CC1CCCN1c1ccc2nnc(C(C)(C)C)n2n1. The Morgan fingerprint density at radius 1 is 1.21 bits per heavy atom. The van der Waals surface area contributed by atoms with Crippen molar-refractivity contribution in [1.82, 2.24) is 19.8 Å². The van der Waals surface area contributed by atoms with Gasteiger partial charge in [0.25, 0.3) is 0 Å². The Balaban J connectivity index is 2.09. The van der Waals surface area contributed by atoms with E-state index in [-0.39, 0.29) is 5.41 Å². The van der Waals surface area contributed by atoms with Crippen molar-refractivity contribution in [3.8, 4) is 0 Å². The molecule has 3 rings (SSSR count). The normalized spacial score (nSPS) is 20.4. The van der Waals surface area contributed by atoms with Gasteiger partial charge in [-0.05, 0) is 31.9 Å². The standard InChI is InChI=1S/C14H21N5/c1-10-6-5-9-18(10)12-8-7-11-15-16-13(14(2,3)4)19(11)17-12/h7-8,10H,5-6,9H2,1-4H3. The summed E-state index contributed by atoms with van der Waals surface area (Å²) in [5, 5.41) is 13.2. The summed E-state index contributed by atoms with van der Waals surface area (Å²) in [5.74, 6) is 1.94. The second-order valence-electron chi connectivity index (χ2n) is 6.42. The maximum Gasteiger partial charge on any atom is 0.178 e. The summed E-state index contributed by atoms with van der Waals surface area (Å²) in [5.41, 5.74) is 0.766. The van der Waals surface area contributed by atoms with Crippen molar-refractivity contribution in [3.05, 3.63) is 18.0 Å². The van der Waals surface area contributed by atoms with Crippen LogP contribution in [-0.2, 0) is 5.41 Å². The Kier molecular flexibility index (Phi) is 2.73. The number of hydrogen-bond acceptors (Lipinski definition) is 4. The molecular formula is C14H21N5. The zero-order chi connectivity index (χ0) is 13.6. The maximum atomic E-state index is 4.75. The van der Waals surface area contributed by atoms with Crippen LogP contribution in [0.5, 0.6) is 0 Å². The number of aromatic nitrogens is 4. The van der Waals surface area contributed by atoms with Crippen LogP contribution in [0.2, 0.25) is 0 Å². The molecule has 0 N–H and O–H groups in total. The molecule has 5 nitrogen and oxygen atoms in total. The molecule has 1 saturated heterocycles. The van der Waals surface area contributed by atoms with Crippen LogP contribution >= 0.6 is 0 Å². The van der Waals surface area contributed by atoms with Crippen LogP contribution in [0.25, 0.3) is 5.65 Å². The molecule has 5 heteroatoms. The number of rotatable bonds is 1. The quantitative estimate of drug-likeness (QED) is 0.789. The van der Waals surface area contributed by atoms with Crippen LogP contribution in [0.4, 0.5) is 5.82 Å². The first-order valence-corrected chi connectivity index (χ1v) is 6.96. The Hall–Kier alpha value is -1.65. The molecule has 1 aliphatic heterocycles. The molecule has 1 atom stereocenters. The monoisotopic (exact) mass is 259 g/mol. The van der Waals surface area contributed by atoms with E-state index in [0.29, 0.717) is 6.04 Å². The van der Waals surface area contributed by atoms with Crippen LogP contribution < -0.4 is 4.90 Å². The van der Waals surface area contributed by atoms with Crippen molar-refractivity contribution >= 4 is 11.5 Å². The van der Waals surface area contributed by atoms with E-state index >= 15 is 0 Å². The second-order valence-corrected chi connectivity index (χ2v) is 6.42. The zero-order valence-corrected chi connectivity index (χ0v) is 12.1. The summed E-state index contributed by atoms with van der Waals surface area (Å²) < 4.78 is 1.89. The minimum absolute atomic E-state index is 0.0539. The highest BCUT2D eigenvalue weighted by atomic mass is 15.4. The van der Waals surface area contributed by atoms with E-state index in [9.17, 15) is 0 Å². The van der Waals surface area contributed by atoms with Gasteiger partial charge in [-0.25, -0.2) is 0 Å². The molecule has 1 unspecified atom stereocenters. The number of fused-ring (bicyclic) bond motifs is 1. The minimum atomic E-state index is -0.0539. The predicted molar refractivity (Wildman–Crippen MR) is 75.5 cm³/mol. The molecule has 0 aliphatic carbocycles. The van der Waals surface area contributed by atoms with Crippen LogP contribution in [-0.4, -0.2) is 32.4 Å². The van der Waals surface area contributed by atoms with E-state index in [4.69, 9.17) is 5.10 Å². The summed E-state index contributed by atoms with van der Waals surface area (Å²) in [6, 6.07) is 4.63. The first-order chi connectivity index (χ1) is 8.97. The Labute approximate surface area is 113 Å². The third kappa shape index (κ3) is 2.07. The molecule has 1 fully saturated rings. The summed E-state index contributed by atoms with van der Waals surface area (Å²) in [4.78, 5) is 2.37. The third-order valence-electron chi connectivity index (χ3n) is 3.77. The lowest BCUT2D eigenvalue weighted by atomic mass is 9.96. The summed E-state index contributed by atoms with van der Waals surface area (Å²) in [6.07, 6.45) is 2.49. The van der Waals surface area contributed by atoms with Crippen LogP contribution in [0, 0.1) is 0 Å². The topological polar surface area (TPSA) is 46.3 Å². The zero-order valence-electron chi connectivity index (χ0n) is 12.1. The van der Waals surface area contributed by atoms with Gasteiger partial charge >= 0.3 is 0 Å². The van der Waals surface area contributed by atoms with Gasteiger partial charge in [0.05, 0.1) is 0 Å². The molecule has 19 heavy (non-hydrogen) atoms. The van der Waals surface area contributed by atoms with Crippen molar-refractivity contribution in [1.29, 1.82) is 0 Å². The summed E-state index contributed by atoms with van der Waals surface area (Å²) in [7, 11) is 0. The van der Waals surface area contributed by atoms with Gasteiger partial charge < -0.3 is 4.90 Å². The van der Waals surface area contributed by atoms with E-state index in [0.717, 1.165) is 23.8 Å². The first-order valence-electron chi connectivity index (χ1n) is 6.96. The molecule has 0 aromatic carbocycles. The summed E-state index contributed by atoms with van der Waals surface area (Å²) in [6.45, 7) is 9.76. The average molecular weight is 259 g/mol. The van der Waals surface area contributed by atoms with E-state index < -0.39 is 0 Å². The highest BCUT2D eigenvalue weighted by Crippen LogP contribution is 2.25. The fraction of sp³-hybridized carbons (Fsp3) is 0.643. The van der Waals surface area contributed by atoms with Gasteiger partial charge in [0.15, 0.2) is 11.5 Å². The highest BCUT2D eigenvalue weighted by molar-refractivity contribution is 5.47. The van der Waals surface area contributed by atoms with E-state index in [1.54, 1.807) is 0 Å². The van der Waals surface area contributed by atoms with Crippen LogP contribution in [0.15, 0.2) is 12.1 Å². The minimum Gasteiger partial charge on any atom is -0.352 e. The molecule has 0 amide bonds. The fourth-order valence-corrected chi connectivity index (χ4v) is 2.67. The van der Waals surface area contributed by atoms with Gasteiger partial charge in [-0.3, -0.25) is 0 Å². The first kappa shape index (κ1) is 12.4. The van der Waals surface area contributed by atoms with Gasteiger partial charge in [0.2, 0.25) is 0 Å². The lowest BCUT2D eigenvalue weighted by molar-refractivity contribution is 0.526. The van der Waals surface area contributed by atoms with Gasteiger partial charge in [-0.1, -0.05) is 20.8 Å². The van der Waals surface area contributed by atoms with Crippen molar-refractivity contribution in [2.75, 3.05) is 11.4 Å². The molecule has 0 bridgehead atoms. The van der Waals surface area contributed by atoms with Crippen LogP contribution in [0.1, 0.15) is 46.4 Å². The van der Waals surface area contributed by atoms with Crippen LogP contribution in [0.3, 0.4) is 0 Å². The highest BCUT2D eigenvalue weighted by Gasteiger charge is 2.25. The molecular weight excluding hydrogens is 238 g/mol. The van der Waals surface area contributed by atoms with Gasteiger partial charge in [0, 0.05) is 18.0 Å². The van der Waals surface area contributed by atoms with E-state index in [1.165, 1.54) is 12.8 Å². The second kappa shape index (κ2) is 4.18. The van der Waals surface area contributed by atoms with Gasteiger partial charge in [-0.2, -0.15) is 4.52 Å². The van der Waals surface area contributed by atoms with Gasteiger partial charge in [-0.15, -0.1) is 15.3 Å². The van der Waals surface area contributed by atoms with Crippen molar-refractivity contribution < 1.29 is 0 Å². The van der Waals surface area contributed by atoms with Crippen molar-refractivity contribution in [2.45, 2.75) is 52.0 Å². The third-order valence-corrected chi connectivity index (χ3v) is 3.77. The molecule has 1 aliphatic rings. The van der Waals surface area contributed by atoms with Crippen molar-refractivity contribution in [3.63, 3.8) is 0 Å². The Morgan fingerprint density at radius 3 is 2.63 bits per heavy atom. The lowest BCUT2D eigenvalue weighted by Crippen LogP contribution is -2.28. The number of hydrogen-bond donors (Lipinski definition) is 0. The molecule has 2 aromatic heterocycles. The predicted octanol–water partition coefficient (Wildman–Crippen LogP) is 2.41. The smallest absolute Gasteiger partial charge is 0.178 e. The molecule has 2 aromatic rings. The number of anilines is 1. The largest absolute Gasteiger partial charge is 0.352 e. The molecule has 0 spiro atoms. The molecule has 3 heterocycles. The summed E-state index contributed by atoms with van der Waals surface area (Å²) >= 11 is 0. The lowest BCUT2D eigenvalue weighted by Gasteiger charge is -2.23. The number of nitrogens with zero attached hydrogens (tertiary/aromatic N) is 5. The molecule has 0 radical (unpaired) electrons. The van der Waals surface area contributed by atoms with E-state index in [1.807, 2.05) is 10.6 Å². The Morgan fingerprint density at radius 2 is 2.00 bits per heavy atom. The van der Waals surface area contributed by atoms with Gasteiger partial charge in [0.1, 0.15) is 5.82 Å². The molecule has 0 saturated carbocycles. The maximum absolute atomic E-state index is 4.75. The van der Waals surface area contributed by atoms with Crippen molar-refractivity contribution in [2.24, 2.45) is 0 Å². The fourth-order valence-electron chi connectivity index (χ4n) is 2.67. The van der Waals surface area contributed by atoms with E-state index in [2.05, 4.69) is 48.9 Å². The average Bonchev–Trinajstić information content (AvgIpc) is 2.92. The Bertz CT molecular complexity index is 595. The molecule has 102 valence electrons.